The van der Waals surface area contributed by atoms with Gasteiger partial charge < -0.3 is 21.5 Å². The van der Waals surface area contributed by atoms with Crippen molar-refractivity contribution in [2.24, 2.45) is 10.7 Å². The van der Waals surface area contributed by atoms with Gasteiger partial charge >= 0.3 is 0 Å². The summed E-state index contributed by atoms with van der Waals surface area (Å²) in [7, 11) is 0. The molecule has 0 fully saturated rings. The van der Waals surface area contributed by atoms with Gasteiger partial charge in [0, 0.05) is 45.2 Å². The van der Waals surface area contributed by atoms with Crippen LogP contribution in [0.25, 0.3) is 5.00 Å². The van der Waals surface area contributed by atoms with E-state index in [0.717, 1.165) is 33.2 Å². The van der Waals surface area contributed by atoms with E-state index < -0.39 is 6.04 Å². The summed E-state index contributed by atoms with van der Waals surface area (Å²) in [5.74, 6) is 6.73. The van der Waals surface area contributed by atoms with E-state index in [4.69, 9.17) is 22.3 Å². The molecule has 246 valence electrons. The third kappa shape index (κ3) is 8.27. The Morgan fingerprint density at radius 3 is 2.57 bits per heavy atom. The summed E-state index contributed by atoms with van der Waals surface area (Å²) in [5, 5.41) is 25.9. The third-order valence-electron chi connectivity index (χ3n) is 7.77. The summed E-state index contributed by atoms with van der Waals surface area (Å²) >= 11 is 7.86. The number of carbonyl (C=O) groups excluding carboxylic acids is 2. The molecule has 4 aromatic rings. The Bertz CT molecular complexity index is 1860. The number of aromatic nitrogens is 3. The Labute approximate surface area is 289 Å². The first kappa shape index (κ1) is 35.8. The number of unbranched alkanes of at least 4 members (excludes halogenated alkanes) is 1. The highest BCUT2D eigenvalue weighted by atomic mass is 35.5. The summed E-state index contributed by atoms with van der Waals surface area (Å²) in [6, 6.07) is 12.2. The predicted octanol–water partition coefficient (Wildman–Crippen LogP) is 5.34. The van der Waals surface area contributed by atoms with E-state index in [1.54, 1.807) is 29.5 Å². The Balaban J connectivity index is 0.00000500. The lowest BCUT2D eigenvalue weighted by molar-refractivity contribution is -0.121. The Kier molecular flexibility index (Phi) is 12.3. The maximum absolute atomic E-state index is 13.2. The van der Waals surface area contributed by atoms with E-state index in [1.165, 1.54) is 4.88 Å². The van der Waals surface area contributed by atoms with Crippen LogP contribution in [-0.2, 0) is 16.2 Å². The molecule has 0 saturated heterocycles. The number of hydrogen-bond acceptors (Lipinski definition) is 8. The number of nitrogens with zero attached hydrogens (tertiary/aromatic N) is 4. The number of benzene rings is 2. The zero-order valence-electron chi connectivity index (χ0n) is 26.4. The summed E-state index contributed by atoms with van der Waals surface area (Å²) < 4.78 is 2.02. The molecule has 5 rings (SSSR count). The number of aliphatic hydroxyl groups excluding tert-OH is 1. The van der Waals surface area contributed by atoms with Crippen molar-refractivity contribution >= 4 is 58.6 Å². The number of aliphatic imine (C=N–C) groups is 1. The van der Waals surface area contributed by atoms with Crippen molar-refractivity contribution in [2.45, 2.75) is 59.1 Å². The van der Waals surface area contributed by atoms with Gasteiger partial charge in [0.2, 0.25) is 11.8 Å². The third-order valence-corrected chi connectivity index (χ3v) is 9.22. The fraction of sp³-hybridized carbons (Fsp3) is 0.324. The number of amides is 2. The van der Waals surface area contributed by atoms with Crippen LogP contribution in [0, 0.1) is 32.6 Å². The van der Waals surface area contributed by atoms with Crippen molar-refractivity contribution in [3.05, 3.63) is 91.8 Å². The van der Waals surface area contributed by atoms with Crippen LogP contribution >= 0.6 is 35.3 Å². The predicted molar refractivity (Wildman–Crippen MR) is 189 cm³/mol. The van der Waals surface area contributed by atoms with Crippen LogP contribution in [0.1, 0.15) is 76.1 Å². The molecule has 47 heavy (non-hydrogen) atoms. The lowest BCUT2D eigenvalue weighted by atomic mass is 9.99. The Hall–Kier alpha value is -4.05. The van der Waals surface area contributed by atoms with Crippen molar-refractivity contribution in [1.29, 1.82) is 0 Å². The van der Waals surface area contributed by atoms with Gasteiger partial charge in [-0.15, -0.1) is 33.9 Å². The van der Waals surface area contributed by atoms with Crippen LogP contribution in [0.2, 0.25) is 5.02 Å². The van der Waals surface area contributed by atoms with Gasteiger partial charge in [-0.3, -0.25) is 19.1 Å². The summed E-state index contributed by atoms with van der Waals surface area (Å²) in [6.07, 6.45) is 1.61. The fourth-order valence-corrected chi connectivity index (χ4v) is 6.65. The molecule has 0 saturated carbocycles. The second kappa shape index (κ2) is 16.2. The van der Waals surface area contributed by atoms with Crippen LogP contribution < -0.4 is 16.4 Å². The summed E-state index contributed by atoms with van der Waals surface area (Å²) in [5.41, 5.74) is 11.2. The molecule has 0 radical (unpaired) electrons. The van der Waals surface area contributed by atoms with Crippen molar-refractivity contribution in [1.82, 2.24) is 20.1 Å². The molecule has 1 atom stereocenters. The first-order chi connectivity index (χ1) is 22.2. The van der Waals surface area contributed by atoms with Gasteiger partial charge in [0.15, 0.2) is 5.82 Å². The number of thiophene rings is 1. The molecule has 10 nitrogen and oxygen atoms in total. The molecule has 1 aliphatic rings. The SMILES string of the molecule is Cc1sc2c(c1C)C(c1ccc(Cl)cc1)=NC(CC(=O)NCCCCC(=O)Nc1ccc(C#CCN)c(CO)c1)c1nnc(C)n1-2.Cl. The van der Waals surface area contributed by atoms with Crippen molar-refractivity contribution in [2.75, 3.05) is 18.4 Å². The van der Waals surface area contributed by atoms with Gasteiger partial charge in [-0.2, -0.15) is 0 Å². The minimum Gasteiger partial charge on any atom is -0.392 e. The van der Waals surface area contributed by atoms with Crippen LogP contribution in [0.15, 0.2) is 47.5 Å². The highest BCUT2D eigenvalue weighted by molar-refractivity contribution is 7.15. The van der Waals surface area contributed by atoms with Gasteiger partial charge in [-0.05, 0) is 75.1 Å². The Morgan fingerprint density at radius 1 is 1.09 bits per heavy atom. The van der Waals surface area contributed by atoms with E-state index >= 15 is 0 Å². The smallest absolute Gasteiger partial charge is 0.224 e. The van der Waals surface area contributed by atoms with E-state index in [1.807, 2.05) is 35.8 Å². The zero-order valence-corrected chi connectivity index (χ0v) is 28.8. The lowest BCUT2D eigenvalue weighted by Gasteiger charge is -2.13. The van der Waals surface area contributed by atoms with E-state index in [2.05, 4.69) is 46.5 Å². The molecule has 2 aromatic carbocycles. The standard InChI is InChI=1S/C34H36ClN7O3S.ClH/c1-20-21(2)46-34-31(20)32(24-9-12-26(35)13-10-24)39-28(33-41-40-22(3)42(33)34)18-30(45)37-16-5-4-8-29(44)38-27-14-11-23(7-6-15-36)25(17-27)19-43;/h9-14,17,28,43H,4-5,8,15-16,18-19,36H2,1-3H3,(H,37,45)(H,38,44);1H. The molecule has 1 unspecified atom stereocenters. The molecule has 13 heteroatoms. The summed E-state index contributed by atoms with van der Waals surface area (Å²) in [4.78, 5) is 32.0. The van der Waals surface area contributed by atoms with Crippen LogP contribution in [0.3, 0.4) is 0 Å². The van der Waals surface area contributed by atoms with E-state index in [9.17, 15) is 14.7 Å². The average Bonchev–Trinajstić information content (AvgIpc) is 3.52. The van der Waals surface area contributed by atoms with Crippen LogP contribution in [0.4, 0.5) is 5.69 Å². The van der Waals surface area contributed by atoms with Crippen molar-refractivity contribution in [3.63, 3.8) is 0 Å². The maximum atomic E-state index is 13.2. The molecule has 3 heterocycles. The molecule has 1 aliphatic heterocycles. The van der Waals surface area contributed by atoms with Crippen molar-refractivity contribution < 1.29 is 14.7 Å². The number of nitrogens with one attached hydrogen (secondary N) is 2. The second-order valence-electron chi connectivity index (χ2n) is 11.0. The largest absolute Gasteiger partial charge is 0.392 e. The number of aliphatic hydroxyl groups is 1. The molecular formula is C34H37Cl2N7O3S. The number of anilines is 1. The topological polar surface area (TPSA) is 148 Å². The number of nitrogens with two attached hydrogens (primary N) is 1. The van der Waals surface area contributed by atoms with Gasteiger partial charge in [-0.1, -0.05) is 35.6 Å². The van der Waals surface area contributed by atoms with Gasteiger partial charge in [0.25, 0.3) is 0 Å². The lowest BCUT2D eigenvalue weighted by Crippen LogP contribution is -2.26. The van der Waals surface area contributed by atoms with Crippen LogP contribution in [0.5, 0.6) is 0 Å². The first-order valence-corrected chi connectivity index (χ1v) is 16.2. The number of rotatable bonds is 10. The van der Waals surface area contributed by atoms with E-state index in [0.29, 0.717) is 53.5 Å². The fourth-order valence-electron chi connectivity index (χ4n) is 5.31. The number of hydrogen-bond donors (Lipinski definition) is 4. The number of carbonyl (C=O) groups is 2. The minimum absolute atomic E-state index is 0. The molecule has 0 bridgehead atoms. The van der Waals surface area contributed by atoms with Gasteiger partial charge in [-0.25, -0.2) is 0 Å². The zero-order chi connectivity index (χ0) is 32.8. The number of fused-ring (bicyclic) bond motifs is 3. The molecule has 0 aliphatic carbocycles. The molecule has 2 amide bonds. The van der Waals surface area contributed by atoms with Crippen LogP contribution in [-0.4, -0.2) is 50.5 Å². The molecule has 0 spiro atoms. The molecular weight excluding hydrogens is 657 g/mol. The van der Waals surface area contributed by atoms with Gasteiger partial charge in [0.1, 0.15) is 16.9 Å². The molecule has 2 aromatic heterocycles. The Morgan fingerprint density at radius 2 is 1.85 bits per heavy atom. The van der Waals surface area contributed by atoms with Gasteiger partial charge in [0.05, 0.1) is 25.3 Å². The normalized spacial score (nSPS) is 13.2. The maximum Gasteiger partial charge on any atom is 0.224 e. The summed E-state index contributed by atoms with van der Waals surface area (Å²) in [6.45, 7) is 6.54. The van der Waals surface area contributed by atoms with E-state index in [-0.39, 0.29) is 43.8 Å². The highest BCUT2D eigenvalue weighted by Gasteiger charge is 2.32. The quantitative estimate of drug-likeness (QED) is 0.130. The second-order valence-corrected chi connectivity index (χ2v) is 12.6. The average molecular weight is 695 g/mol. The van der Waals surface area contributed by atoms with Crippen molar-refractivity contribution in [3.8, 4) is 16.8 Å². The number of aryl methyl sites for hydroxylation is 2. The highest BCUT2D eigenvalue weighted by Crippen LogP contribution is 2.39. The number of halogens is 2. The minimum atomic E-state index is -0.548. The monoisotopic (exact) mass is 693 g/mol. The molecule has 5 N–H and O–H groups in total. The first-order valence-electron chi connectivity index (χ1n) is 15.1.